The Labute approximate surface area is 107 Å². The lowest BCUT2D eigenvalue weighted by molar-refractivity contribution is 0.0387. The van der Waals surface area contributed by atoms with Crippen molar-refractivity contribution >= 4 is 0 Å². The van der Waals surface area contributed by atoms with Crippen molar-refractivity contribution in [3.8, 4) is 0 Å². The zero-order valence-corrected chi connectivity index (χ0v) is 11.9. The second-order valence-corrected chi connectivity index (χ2v) is 6.89. The molecule has 17 heavy (non-hydrogen) atoms. The van der Waals surface area contributed by atoms with Crippen LogP contribution in [-0.2, 0) is 0 Å². The van der Waals surface area contributed by atoms with Crippen LogP contribution in [0.3, 0.4) is 0 Å². The van der Waals surface area contributed by atoms with Gasteiger partial charge in [0.2, 0.25) is 0 Å². The van der Waals surface area contributed by atoms with Crippen LogP contribution in [0.2, 0.25) is 0 Å². The molecule has 1 saturated heterocycles. The molecule has 1 aliphatic heterocycles. The third kappa shape index (κ3) is 2.85. The average Bonchev–Trinajstić information content (AvgIpc) is 2.33. The Kier molecular flexibility index (Phi) is 4.14. The molecule has 100 valence electrons. The third-order valence-electron chi connectivity index (χ3n) is 5.23. The third-order valence-corrected chi connectivity index (χ3v) is 5.23. The SMILES string of the molecule is CCC1CCCN(C2CCCC(C)(C)C2N)C1. The number of hydrogen-bond donors (Lipinski definition) is 1. The summed E-state index contributed by atoms with van der Waals surface area (Å²) in [5, 5.41) is 0. The first-order valence-corrected chi connectivity index (χ1v) is 7.54. The number of nitrogens with two attached hydrogens (primary N) is 1. The molecule has 3 unspecified atom stereocenters. The Balaban J connectivity index is 2.00. The average molecular weight is 238 g/mol. The summed E-state index contributed by atoms with van der Waals surface area (Å²) in [5.41, 5.74) is 6.87. The van der Waals surface area contributed by atoms with Crippen LogP contribution in [0.1, 0.15) is 59.3 Å². The quantitative estimate of drug-likeness (QED) is 0.801. The first kappa shape index (κ1) is 13.4. The smallest absolute Gasteiger partial charge is 0.0252 e. The van der Waals surface area contributed by atoms with Gasteiger partial charge in [0.15, 0.2) is 0 Å². The lowest BCUT2D eigenvalue weighted by Crippen LogP contribution is -2.58. The standard InChI is InChI=1S/C15H30N2/c1-4-12-7-6-10-17(11-12)13-8-5-9-15(2,3)14(13)16/h12-14H,4-11,16H2,1-3H3. The molecule has 0 spiro atoms. The predicted octanol–water partition coefficient (Wildman–Crippen LogP) is 3.01. The second kappa shape index (κ2) is 5.27. The monoisotopic (exact) mass is 238 g/mol. The Morgan fingerprint density at radius 2 is 2.00 bits per heavy atom. The zero-order chi connectivity index (χ0) is 12.5. The maximum absolute atomic E-state index is 6.53. The minimum atomic E-state index is 0.335. The van der Waals surface area contributed by atoms with Crippen LogP contribution in [0.4, 0.5) is 0 Å². The summed E-state index contributed by atoms with van der Waals surface area (Å²) in [4.78, 5) is 2.71. The predicted molar refractivity (Wildman–Crippen MR) is 74.0 cm³/mol. The molecule has 3 atom stereocenters. The van der Waals surface area contributed by atoms with E-state index in [9.17, 15) is 0 Å². The first-order valence-electron chi connectivity index (χ1n) is 7.54. The van der Waals surface area contributed by atoms with Crippen molar-refractivity contribution in [2.24, 2.45) is 17.1 Å². The number of hydrogen-bond acceptors (Lipinski definition) is 2. The van der Waals surface area contributed by atoms with Gasteiger partial charge >= 0.3 is 0 Å². The minimum Gasteiger partial charge on any atom is -0.326 e. The fourth-order valence-electron chi connectivity index (χ4n) is 3.78. The van der Waals surface area contributed by atoms with Gasteiger partial charge < -0.3 is 5.73 Å². The van der Waals surface area contributed by atoms with E-state index < -0.39 is 0 Å². The van der Waals surface area contributed by atoms with Crippen molar-refractivity contribution in [2.75, 3.05) is 13.1 Å². The van der Waals surface area contributed by atoms with E-state index in [0.717, 1.165) is 5.92 Å². The molecule has 0 aromatic rings. The molecule has 1 aliphatic carbocycles. The van der Waals surface area contributed by atoms with Gasteiger partial charge in [-0.05, 0) is 43.6 Å². The summed E-state index contributed by atoms with van der Waals surface area (Å²) in [6.07, 6.45) is 8.12. The van der Waals surface area contributed by atoms with Crippen LogP contribution in [0, 0.1) is 11.3 Å². The highest BCUT2D eigenvalue weighted by Crippen LogP contribution is 2.37. The molecular weight excluding hydrogens is 208 g/mol. The zero-order valence-electron chi connectivity index (χ0n) is 11.9. The highest BCUT2D eigenvalue weighted by Gasteiger charge is 2.39. The minimum absolute atomic E-state index is 0.335. The van der Waals surface area contributed by atoms with Crippen molar-refractivity contribution in [1.82, 2.24) is 4.90 Å². The van der Waals surface area contributed by atoms with Crippen LogP contribution in [0.5, 0.6) is 0 Å². The molecule has 0 aromatic heterocycles. The Morgan fingerprint density at radius 3 is 2.71 bits per heavy atom. The Morgan fingerprint density at radius 1 is 1.24 bits per heavy atom. The first-order chi connectivity index (χ1) is 8.04. The summed E-state index contributed by atoms with van der Waals surface area (Å²) >= 11 is 0. The van der Waals surface area contributed by atoms with Crippen molar-refractivity contribution in [2.45, 2.75) is 71.4 Å². The number of likely N-dealkylation sites (tertiary alicyclic amines) is 1. The van der Waals surface area contributed by atoms with E-state index in [1.807, 2.05) is 0 Å². The van der Waals surface area contributed by atoms with E-state index in [1.165, 1.54) is 51.6 Å². The molecule has 2 heteroatoms. The van der Waals surface area contributed by atoms with Gasteiger partial charge in [0.1, 0.15) is 0 Å². The van der Waals surface area contributed by atoms with Crippen molar-refractivity contribution in [3.05, 3.63) is 0 Å². The molecule has 1 saturated carbocycles. The van der Waals surface area contributed by atoms with Crippen molar-refractivity contribution in [3.63, 3.8) is 0 Å². The van der Waals surface area contributed by atoms with Gasteiger partial charge in [-0.3, -0.25) is 4.90 Å². The summed E-state index contributed by atoms with van der Waals surface area (Å²) in [6.45, 7) is 9.62. The molecule has 0 bridgehead atoms. The maximum Gasteiger partial charge on any atom is 0.0252 e. The van der Waals surface area contributed by atoms with E-state index in [1.54, 1.807) is 0 Å². The topological polar surface area (TPSA) is 29.3 Å². The lowest BCUT2D eigenvalue weighted by Gasteiger charge is -2.48. The summed E-state index contributed by atoms with van der Waals surface area (Å²) < 4.78 is 0. The molecule has 1 heterocycles. The highest BCUT2D eigenvalue weighted by atomic mass is 15.2. The Hall–Kier alpha value is -0.0800. The van der Waals surface area contributed by atoms with E-state index in [0.29, 0.717) is 17.5 Å². The summed E-state index contributed by atoms with van der Waals surface area (Å²) in [5.74, 6) is 0.918. The van der Waals surface area contributed by atoms with Gasteiger partial charge in [-0.25, -0.2) is 0 Å². The van der Waals surface area contributed by atoms with Crippen LogP contribution < -0.4 is 5.73 Å². The number of nitrogens with zero attached hydrogens (tertiary/aromatic N) is 1. The fraction of sp³-hybridized carbons (Fsp3) is 1.00. The molecule has 2 aliphatic rings. The van der Waals surface area contributed by atoms with E-state index >= 15 is 0 Å². The van der Waals surface area contributed by atoms with E-state index in [2.05, 4.69) is 25.7 Å². The van der Waals surface area contributed by atoms with Crippen LogP contribution in [0.25, 0.3) is 0 Å². The molecule has 2 fully saturated rings. The maximum atomic E-state index is 6.53. The molecule has 2 nitrogen and oxygen atoms in total. The lowest BCUT2D eigenvalue weighted by atomic mass is 9.70. The van der Waals surface area contributed by atoms with Crippen LogP contribution in [0.15, 0.2) is 0 Å². The van der Waals surface area contributed by atoms with Gasteiger partial charge in [-0.15, -0.1) is 0 Å². The van der Waals surface area contributed by atoms with Crippen LogP contribution in [-0.4, -0.2) is 30.1 Å². The van der Waals surface area contributed by atoms with Gasteiger partial charge in [0.05, 0.1) is 0 Å². The molecular formula is C15H30N2. The summed E-state index contributed by atoms with van der Waals surface area (Å²) in [6, 6.07) is 1.01. The number of piperidine rings is 1. The second-order valence-electron chi connectivity index (χ2n) is 6.89. The number of rotatable bonds is 2. The summed E-state index contributed by atoms with van der Waals surface area (Å²) in [7, 11) is 0. The molecule has 2 N–H and O–H groups in total. The van der Waals surface area contributed by atoms with Crippen molar-refractivity contribution in [1.29, 1.82) is 0 Å². The van der Waals surface area contributed by atoms with Crippen molar-refractivity contribution < 1.29 is 0 Å². The Bertz CT molecular complexity index is 249. The largest absolute Gasteiger partial charge is 0.326 e. The van der Waals surface area contributed by atoms with Gasteiger partial charge in [0.25, 0.3) is 0 Å². The van der Waals surface area contributed by atoms with Gasteiger partial charge in [0, 0.05) is 18.6 Å². The highest BCUT2D eigenvalue weighted by molar-refractivity contribution is 4.97. The molecule has 0 radical (unpaired) electrons. The van der Waals surface area contributed by atoms with E-state index in [4.69, 9.17) is 5.73 Å². The van der Waals surface area contributed by atoms with Gasteiger partial charge in [-0.1, -0.05) is 33.6 Å². The van der Waals surface area contributed by atoms with E-state index in [-0.39, 0.29) is 0 Å². The molecule has 0 amide bonds. The van der Waals surface area contributed by atoms with Crippen LogP contribution >= 0.6 is 0 Å². The fourth-order valence-corrected chi connectivity index (χ4v) is 3.78. The molecule has 2 rings (SSSR count). The van der Waals surface area contributed by atoms with Gasteiger partial charge in [-0.2, -0.15) is 0 Å². The molecule has 0 aromatic carbocycles. The normalized spacial score (nSPS) is 39.2.